The van der Waals surface area contributed by atoms with E-state index in [-0.39, 0.29) is 28.6 Å². The molecule has 5 rings (SSSR count). The maximum Gasteiger partial charge on any atom is 0.333 e. The van der Waals surface area contributed by atoms with Crippen molar-refractivity contribution in [2.45, 2.75) is 12.8 Å². The molecule has 1 aromatic heterocycles. The van der Waals surface area contributed by atoms with Crippen LogP contribution in [0.2, 0.25) is 0 Å². The van der Waals surface area contributed by atoms with Gasteiger partial charge in [0.1, 0.15) is 0 Å². The smallest absolute Gasteiger partial charge is 0.333 e. The molecule has 1 N–H and O–H groups in total. The summed E-state index contributed by atoms with van der Waals surface area (Å²) in [4.78, 5) is 58.6. The molecular weight excluding hydrogens is 444 g/mol. The van der Waals surface area contributed by atoms with Crippen molar-refractivity contribution < 1.29 is 9.59 Å². The first-order chi connectivity index (χ1) is 16.8. The lowest BCUT2D eigenvalue weighted by Gasteiger charge is -2.29. The van der Waals surface area contributed by atoms with Crippen molar-refractivity contribution in [1.29, 1.82) is 0 Å². The molecule has 0 aliphatic carbocycles. The summed E-state index contributed by atoms with van der Waals surface area (Å²) in [6.07, 6.45) is 1.70. The molecule has 1 aliphatic rings. The van der Waals surface area contributed by atoms with E-state index in [1.165, 1.54) is 23.1 Å². The number of nitrogens with zero attached hydrogens (tertiary/aromatic N) is 3. The van der Waals surface area contributed by atoms with Crippen LogP contribution >= 0.6 is 0 Å². The van der Waals surface area contributed by atoms with Gasteiger partial charge >= 0.3 is 5.69 Å². The van der Waals surface area contributed by atoms with Crippen molar-refractivity contribution in [2.75, 3.05) is 25.5 Å². The molecule has 0 bridgehead atoms. The summed E-state index contributed by atoms with van der Waals surface area (Å²) in [5.41, 5.74) is 1.74. The Morgan fingerprint density at radius 2 is 1.63 bits per heavy atom. The number of carbonyl (C=O) groups excluding carboxylic acids is 2. The van der Waals surface area contributed by atoms with Crippen LogP contribution in [0.1, 0.15) is 32.7 Å². The number of hydrogen-bond acceptors (Lipinski definition) is 4. The minimum absolute atomic E-state index is 0.156. The maximum absolute atomic E-state index is 13.7. The van der Waals surface area contributed by atoms with Crippen LogP contribution in [0.15, 0.2) is 76.3 Å². The van der Waals surface area contributed by atoms with E-state index in [0.717, 1.165) is 28.7 Å². The number of aryl methyl sites for hydroxylation is 1. The molecule has 2 amide bonds. The quantitative estimate of drug-likeness (QED) is 0.500. The lowest BCUT2D eigenvalue weighted by Crippen LogP contribution is -2.37. The predicted octanol–water partition coefficient (Wildman–Crippen LogP) is 2.97. The minimum atomic E-state index is -0.648. The summed E-state index contributed by atoms with van der Waals surface area (Å²) in [5.74, 6) is -0.637. The molecule has 0 radical (unpaired) electrons. The zero-order valence-electron chi connectivity index (χ0n) is 19.4. The Kier molecular flexibility index (Phi) is 5.56. The number of benzene rings is 3. The first-order valence-electron chi connectivity index (χ1n) is 11.4. The highest BCUT2D eigenvalue weighted by Crippen LogP contribution is 2.29. The first kappa shape index (κ1) is 22.3. The number of nitrogens with one attached hydrogen (secondary N) is 1. The van der Waals surface area contributed by atoms with Crippen LogP contribution in [-0.2, 0) is 6.42 Å². The Hall–Kier alpha value is -4.46. The van der Waals surface area contributed by atoms with Gasteiger partial charge in [0.05, 0.1) is 16.6 Å². The molecule has 176 valence electrons. The van der Waals surface area contributed by atoms with Gasteiger partial charge in [0.15, 0.2) is 0 Å². The number of para-hydroxylation sites is 2. The van der Waals surface area contributed by atoms with Crippen LogP contribution in [0.5, 0.6) is 0 Å². The van der Waals surface area contributed by atoms with Gasteiger partial charge in [-0.1, -0.05) is 30.3 Å². The van der Waals surface area contributed by atoms with Gasteiger partial charge in [-0.15, -0.1) is 0 Å². The normalized spacial score (nSPS) is 12.9. The largest absolute Gasteiger partial charge is 0.345 e. The number of carbonyl (C=O) groups is 2. The molecule has 0 saturated heterocycles. The number of anilines is 1. The van der Waals surface area contributed by atoms with Gasteiger partial charge in [0.25, 0.3) is 17.4 Å². The van der Waals surface area contributed by atoms with Gasteiger partial charge in [-0.2, -0.15) is 0 Å². The molecule has 2 heterocycles. The second-order valence-electron chi connectivity index (χ2n) is 8.77. The van der Waals surface area contributed by atoms with Crippen LogP contribution in [0.3, 0.4) is 0 Å². The van der Waals surface area contributed by atoms with Crippen molar-refractivity contribution in [3.05, 3.63) is 104 Å². The molecule has 0 fully saturated rings. The van der Waals surface area contributed by atoms with E-state index < -0.39 is 11.2 Å². The van der Waals surface area contributed by atoms with Crippen molar-refractivity contribution in [2.24, 2.45) is 0 Å². The molecule has 8 nitrogen and oxygen atoms in total. The van der Waals surface area contributed by atoms with E-state index >= 15 is 0 Å². The van der Waals surface area contributed by atoms with Crippen molar-refractivity contribution in [3.63, 3.8) is 0 Å². The molecule has 0 unspecified atom stereocenters. The highest BCUT2D eigenvalue weighted by Gasteiger charge is 2.25. The minimum Gasteiger partial charge on any atom is -0.345 e. The monoisotopic (exact) mass is 468 g/mol. The van der Waals surface area contributed by atoms with E-state index in [1.807, 2.05) is 24.3 Å². The number of hydrogen-bond donors (Lipinski definition) is 1. The number of rotatable bonds is 3. The van der Waals surface area contributed by atoms with Gasteiger partial charge in [-0.3, -0.25) is 14.4 Å². The predicted molar refractivity (Wildman–Crippen MR) is 135 cm³/mol. The Morgan fingerprint density at radius 1 is 0.914 bits per heavy atom. The molecule has 0 atom stereocenters. The fourth-order valence-corrected chi connectivity index (χ4v) is 4.54. The Bertz CT molecular complexity index is 1600. The van der Waals surface area contributed by atoms with Gasteiger partial charge < -0.3 is 14.8 Å². The molecule has 3 aromatic carbocycles. The van der Waals surface area contributed by atoms with E-state index in [2.05, 4.69) is 4.98 Å². The molecule has 1 aliphatic heterocycles. The fraction of sp³-hybridized carbons (Fsp3) is 0.185. The summed E-state index contributed by atoms with van der Waals surface area (Å²) in [5, 5.41) is 0.328. The third kappa shape index (κ3) is 3.93. The van der Waals surface area contributed by atoms with Gasteiger partial charge in [0.2, 0.25) is 0 Å². The van der Waals surface area contributed by atoms with E-state index in [1.54, 1.807) is 43.3 Å². The molecule has 0 spiro atoms. The van der Waals surface area contributed by atoms with Crippen LogP contribution in [0.4, 0.5) is 5.69 Å². The molecule has 0 saturated carbocycles. The summed E-state index contributed by atoms with van der Waals surface area (Å²) in [6.45, 7) is 0.535. The van der Waals surface area contributed by atoms with Crippen molar-refractivity contribution in [3.8, 4) is 5.69 Å². The van der Waals surface area contributed by atoms with Crippen LogP contribution < -0.4 is 16.1 Å². The van der Waals surface area contributed by atoms with E-state index in [4.69, 9.17) is 0 Å². The van der Waals surface area contributed by atoms with E-state index in [9.17, 15) is 19.2 Å². The van der Waals surface area contributed by atoms with Crippen molar-refractivity contribution in [1.82, 2.24) is 14.5 Å². The lowest BCUT2D eigenvalue weighted by molar-refractivity contribution is 0.0827. The van der Waals surface area contributed by atoms with Crippen LogP contribution in [0, 0.1) is 0 Å². The third-order valence-corrected chi connectivity index (χ3v) is 6.24. The van der Waals surface area contributed by atoms with Gasteiger partial charge in [-0.05, 0) is 54.8 Å². The van der Waals surface area contributed by atoms with E-state index in [0.29, 0.717) is 17.4 Å². The second-order valence-corrected chi connectivity index (χ2v) is 8.77. The fourth-order valence-electron chi connectivity index (χ4n) is 4.54. The van der Waals surface area contributed by atoms with Crippen LogP contribution in [0.25, 0.3) is 16.6 Å². The topological polar surface area (TPSA) is 95.5 Å². The average Bonchev–Trinajstić information content (AvgIpc) is 2.87. The van der Waals surface area contributed by atoms with Gasteiger partial charge in [0, 0.05) is 37.5 Å². The maximum atomic E-state index is 13.7. The molecule has 35 heavy (non-hydrogen) atoms. The number of H-pyrrole nitrogens is 1. The zero-order chi connectivity index (χ0) is 24.7. The highest BCUT2D eigenvalue weighted by atomic mass is 16.2. The third-order valence-electron chi connectivity index (χ3n) is 6.24. The Labute approximate surface area is 201 Å². The molecule has 8 heteroatoms. The Balaban J connectivity index is 1.70. The number of fused-ring (bicyclic) bond motifs is 2. The lowest BCUT2D eigenvalue weighted by atomic mass is 10.00. The highest BCUT2D eigenvalue weighted by molar-refractivity contribution is 6.08. The van der Waals surface area contributed by atoms with Gasteiger partial charge in [-0.25, -0.2) is 9.36 Å². The summed E-state index contributed by atoms with van der Waals surface area (Å²) in [6, 6.07) is 18.9. The van der Waals surface area contributed by atoms with Crippen molar-refractivity contribution >= 4 is 28.4 Å². The average molecular weight is 469 g/mol. The SMILES string of the molecule is CN(C)C(=O)c1cc(C(=O)N2CCCc3ccccc32)cc(-n2c(=O)[nH]c3ccccc3c2=O)c1. The van der Waals surface area contributed by atoms with Crippen LogP contribution in [-0.4, -0.2) is 46.9 Å². The molecular formula is C27H24N4O4. The number of amides is 2. The first-order valence-corrected chi connectivity index (χ1v) is 11.4. The summed E-state index contributed by atoms with van der Waals surface area (Å²) < 4.78 is 0.968. The standard InChI is InChI=1S/C27H24N4O4/c1-29(2)24(32)18-14-19(25(33)30-13-7-9-17-8-3-6-12-23(17)30)16-20(15-18)31-26(34)21-10-4-5-11-22(21)28-27(31)35/h3-6,8,10-12,14-16H,7,9,13H2,1-2H3,(H,28,35). The Morgan fingerprint density at radius 3 is 2.43 bits per heavy atom. The summed E-state index contributed by atoms with van der Waals surface area (Å²) >= 11 is 0. The number of aromatic amines is 1. The molecule has 4 aromatic rings. The second kappa shape index (κ2) is 8.72. The summed E-state index contributed by atoms with van der Waals surface area (Å²) in [7, 11) is 3.21. The zero-order valence-corrected chi connectivity index (χ0v) is 19.4. The number of aromatic nitrogens is 2.